The molecule has 0 unspecified atom stereocenters. The highest BCUT2D eigenvalue weighted by Crippen LogP contribution is 2.35. The van der Waals surface area contributed by atoms with Gasteiger partial charge in [0.25, 0.3) is 0 Å². The number of thiazole rings is 1. The number of carbonyl (C=O) groups is 3. The van der Waals surface area contributed by atoms with Gasteiger partial charge >= 0.3 is 6.18 Å². The lowest BCUT2D eigenvalue weighted by Gasteiger charge is -2.35. The van der Waals surface area contributed by atoms with Crippen LogP contribution in [0.2, 0.25) is 0 Å². The van der Waals surface area contributed by atoms with Crippen molar-refractivity contribution in [3.8, 4) is 0 Å². The number of carbonyl (C=O) groups excluding carboxylic acids is 3. The second-order valence-electron chi connectivity index (χ2n) is 9.73. The molecule has 1 fully saturated rings. The number of hydroxylamine groups is 2. The molecule has 12 heteroatoms. The third-order valence-electron chi connectivity index (χ3n) is 6.60. The van der Waals surface area contributed by atoms with Crippen molar-refractivity contribution in [2.24, 2.45) is 23.7 Å². The predicted molar refractivity (Wildman–Crippen MR) is 126 cm³/mol. The van der Waals surface area contributed by atoms with Crippen LogP contribution >= 0.6 is 11.3 Å². The topological polar surface area (TPSA) is 112 Å². The zero-order valence-corrected chi connectivity index (χ0v) is 21.1. The zero-order valence-electron chi connectivity index (χ0n) is 20.3. The number of hydrogen-bond donors (Lipinski definition) is 3. The molecule has 1 heterocycles. The highest BCUT2D eigenvalue weighted by molar-refractivity contribution is 7.13. The van der Waals surface area contributed by atoms with Crippen LogP contribution in [0.5, 0.6) is 0 Å². The number of hydrogen-bond acceptors (Lipinski definition) is 6. The molecule has 0 aromatic carbocycles. The number of nitrogens with zero attached hydrogens (tertiary/aromatic N) is 2. The predicted octanol–water partition coefficient (Wildman–Crippen LogP) is 4.61. The summed E-state index contributed by atoms with van der Waals surface area (Å²) in [4.78, 5) is 41.6. The molecular formula is C23H35F3N4O4S. The molecule has 0 radical (unpaired) electrons. The summed E-state index contributed by atoms with van der Waals surface area (Å²) in [5.41, 5.74) is 0. The summed E-state index contributed by atoms with van der Waals surface area (Å²) in [5.74, 6) is -2.01. The minimum absolute atomic E-state index is 0.0271. The van der Waals surface area contributed by atoms with Gasteiger partial charge in [0.1, 0.15) is 6.04 Å². The van der Waals surface area contributed by atoms with Crippen LogP contribution in [0.15, 0.2) is 11.6 Å². The maximum absolute atomic E-state index is 13.5. The van der Waals surface area contributed by atoms with E-state index in [2.05, 4.69) is 22.5 Å². The maximum Gasteiger partial charge on any atom is 0.389 e. The van der Waals surface area contributed by atoms with Crippen LogP contribution in [0, 0.1) is 23.7 Å². The Morgan fingerprint density at radius 2 is 1.91 bits per heavy atom. The minimum Gasteiger partial charge on any atom is -0.344 e. The SMILES string of the molecule is CC1CCC(C[C@@H](C(=O)N[C@H](C(=O)Nc2nccs2)C(C)C)[C@H](CCC(F)(F)F)N(O)C=O)CC1. The molecule has 2 rings (SSSR count). The fourth-order valence-corrected chi connectivity index (χ4v) is 5.07. The first-order chi connectivity index (χ1) is 16.4. The summed E-state index contributed by atoms with van der Waals surface area (Å²) in [6.45, 7) is 5.59. The van der Waals surface area contributed by atoms with Gasteiger partial charge in [-0.3, -0.25) is 19.6 Å². The van der Waals surface area contributed by atoms with E-state index < -0.39 is 48.8 Å². The highest BCUT2D eigenvalue weighted by atomic mass is 32.1. The monoisotopic (exact) mass is 520 g/mol. The molecule has 1 aliphatic rings. The van der Waals surface area contributed by atoms with E-state index in [1.54, 1.807) is 19.2 Å². The molecule has 1 aromatic rings. The van der Waals surface area contributed by atoms with Gasteiger partial charge in [0.2, 0.25) is 18.2 Å². The van der Waals surface area contributed by atoms with Crippen molar-refractivity contribution in [1.29, 1.82) is 0 Å². The van der Waals surface area contributed by atoms with E-state index in [0.29, 0.717) is 11.0 Å². The summed E-state index contributed by atoms with van der Waals surface area (Å²) in [6.07, 6.45) is -1.15. The van der Waals surface area contributed by atoms with Crippen LogP contribution < -0.4 is 10.6 Å². The van der Waals surface area contributed by atoms with Crippen LogP contribution in [0.25, 0.3) is 0 Å². The molecular weight excluding hydrogens is 485 g/mol. The second kappa shape index (κ2) is 13.2. The summed E-state index contributed by atoms with van der Waals surface area (Å²) in [6, 6.07) is -2.35. The number of alkyl halides is 3. The van der Waals surface area contributed by atoms with E-state index >= 15 is 0 Å². The standard InChI is InChI=1S/C23H35F3N4O4S/c1-14(2)19(21(33)29-22-27-10-11-35-22)28-20(32)17(12-16-6-4-15(3)5-7-16)18(30(34)13-31)8-9-23(24,25)26/h10-11,13-19,34H,4-9,12H2,1-3H3,(H,28,32)(H,27,29,33)/t15?,16?,17-,18+,19+/m1/s1. The van der Waals surface area contributed by atoms with Crippen LogP contribution in [0.3, 0.4) is 0 Å². The van der Waals surface area contributed by atoms with Crippen molar-refractivity contribution in [2.75, 3.05) is 5.32 Å². The number of aromatic nitrogens is 1. The molecule has 0 bridgehead atoms. The highest BCUT2D eigenvalue weighted by Gasteiger charge is 2.39. The lowest BCUT2D eigenvalue weighted by atomic mass is 9.76. The van der Waals surface area contributed by atoms with Crippen LogP contribution in [-0.2, 0) is 14.4 Å². The van der Waals surface area contributed by atoms with Gasteiger partial charge in [-0.15, -0.1) is 11.3 Å². The third kappa shape index (κ3) is 9.40. The fraction of sp³-hybridized carbons (Fsp3) is 0.739. The molecule has 3 N–H and O–H groups in total. The molecule has 0 saturated heterocycles. The van der Waals surface area contributed by atoms with Gasteiger partial charge in [-0.2, -0.15) is 13.2 Å². The van der Waals surface area contributed by atoms with Crippen molar-refractivity contribution in [1.82, 2.24) is 15.4 Å². The Bertz CT molecular complexity index is 814. The average molecular weight is 521 g/mol. The molecule has 1 saturated carbocycles. The first kappa shape index (κ1) is 29.0. The first-order valence-corrected chi connectivity index (χ1v) is 12.8. The molecule has 1 aliphatic carbocycles. The van der Waals surface area contributed by atoms with Crippen molar-refractivity contribution < 1.29 is 32.8 Å². The molecule has 1 aromatic heterocycles. The summed E-state index contributed by atoms with van der Waals surface area (Å²) < 4.78 is 39.0. The molecule has 3 amide bonds. The average Bonchev–Trinajstić information content (AvgIpc) is 3.29. The number of amides is 3. The van der Waals surface area contributed by atoms with Gasteiger partial charge < -0.3 is 10.6 Å². The van der Waals surface area contributed by atoms with Gasteiger partial charge in [0.05, 0.1) is 12.0 Å². The van der Waals surface area contributed by atoms with Crippen LogP contribution in [-0.4, -0.2) is 51.7 Å². The number of halogens is 3. The number of rotatable bonds is 12. The molecule has 8 nitrogen and oxygen atoms in total. The normalized spacial score (nSPS) is 21.1. The Kier molecular flexibility index (Phi) is 10.9. The minimum atomic E-state index is -4.52. The lowest BCUT2D eigenvalue weighted by molar-refractivity contribution is -0.178. The largest absolute Gasteiger partial charge is 0.389 e. The molecule has 35 heavy (non-hydrogen) atoms. The van der Waals surface area contributed by atoms with Crippen molar-refractivity contribution in [2.45, 2.75) is 84.0 Å². The lowest BCUT2D eigenvalue weighted by Crippen LogP contribution is -2.53. The zero-order chi connectivity index (χ0) is 26.2. The van der Waals surface area contributed by atoms with Crippen LogP contribution in [0.1, 0.15) is 65.7 Å². The van der Waals surface area contributed by atoms with E-state index in [1.165, 1.54) is 17.5 Å². The van der Waals surface area contributed by atoms with Gasteiger partial charge in [-0.1, -0.05) is 46.5 Å². The Morgan fingerprint density at radius 1 is 1.26 bits per heavy atom. The van der Waals surface area contributed by atoms with E-state index in [4.69, 9.17) is 0 Å². The molecule has 3 atom stereocenters. The van der Waals surface area contributed by atoms with E-state index in [0.717, 1.165) is 25.7 Å². The summed E-state index contributed by atoms with van der Waals surface area (Å²) in [5, 5.41) is 17.7. The van der Waals surface area contributed by atoms with Gasteiger partial charge in [0.15, 0.2) is 5.13 Å². The Hall–Kier alpha value is -2.21. The first-order valence-electron chi connectivity index (χ1n) is 11.9. The van der Waals surface area contributed by atoms with E-state index in [1.807, 2.05) is 0 Å². The van der Waals surface area contributed by atoms with Crippen molar-refractivity contribution >= 4 is 34.7 Å². The van der Waals surface area contributed by atoms with E-state index in [-0.39, 0.29) is 29.7 Å². The van der Waals surface area contributed by atoms with Gasteiger partial charge in [-0.05, 0) is 30.6 Å². The molecule has 0 spiro atoms. The Labute approximate surface area is 207 Å². The van der Waals surface area contributed by atoms with Crippen molar-refractivity contribution in [3.05, 3.63) is 11.6 Å². The fourth-order valence-electron chi connectivity index (χ4n) is 4.53. The van der Waals surface area contributed by atoms with Crippen molar-refractivity contribution in [3.63, 3.8) is 0 Å². The van der Waals surface area contributed by atoms with E-state index in [9.17, 15) is 32.8 Å². The quantitative estimate of drug-likeness (QED) is 0.212. The van der Waals surface area contributed by atoms with Gasteiger partial charge in [-0.25, -0.2) is 10.0 Å². The smallest absolute Gasteiger partial charge is 0.344 e. The van der Waals surface area contributed by atoms with Gasteiger partial charge in [0, 0.05) is 18.0 Å². The molecule has 198 valence electrons. The Balaban J connectivity index is 2.26. The maximum atomic E-state index is 13.5. The number of nitrogens with one attached hydrogen (secondary N) is 2. The summed E-state index contributed by atoms with van der Waals surface area (Å²) >= 11 is 1.21. The number of anilines is 1. The Morgan fingerprint density at radius 3 is 2.43 bits per heavy atom. The second-order valence-corrected chi connectivity index (χ2v) is 10.6. The third-order valence-corrected chi connectivity index (χ3v) is 7.29. The molecule has 0 aliphatic heterocycles. The van der Waals surface area contributed by atoms with Crippen LogP contribution in [0.4, 0.5) is 18.3 Å². The summed E-state index contributed by atoms with van der Waals surface area (Å²) in [7, 11) is 0.